The number of amides is 1. The van der Waals surface area contributed by atoms with Crippen LogP contribution in [0, 0.1) is 13.8 Å². The molecule has 0 fully saturated rings. The number of thioether (sulfide) groups is 1. The van der Waals surface area contributed by atoms with Gasteiger partial charge in [-0.05, 0) is 73.5 Å². The number of nitrogens with one attached hydrogen (secondary N) is 1. The zero-order valence-electron chi connectivity index (χ0n) is 18.5. The number of aryl methyl sites for hydroxylation is 2. The van der Waals surface area contributed by atoms with E-state index < -0.39 is 5.25 Å². The molecule has 4 aromatic rings. The maximum atomic E-state index is 13.3. The molecule has 1 amide bonds. The normalized spacial score (nSPS) is 11.7. The van der Waals surface area contributed by atoms with Crippen molar-refractivity contribution in [3.05, 3.63) is 95.1 Å². The highest BCUT2D eigenvalue weighted by Crippen LogP contribution is 2.36. The SMILES string of the molecule is CC(=O)c1cccc(NC(=O)C(Sc2nnc(-c3ccc(C)c(C)c3)o2)c2ccccc2)c1. The third kappa shape index (κ3) is 5.38. The first-order valence-electron chi connectivity index (χ1n) is 10.5. The van der Waals surface area contributed by atoms with E-state index in [1.807, 2.05) is 62.4 Å². The fourth-order valence-electron chi connectivity index (χ4n) is 3.27. The van der Waals surface area contributed by atoms with Crippen molar-refractivity contribution in [1.29, 1.82) is 0 Å². The number of carbonyl (C=O) groups is 2. The fourth-order valence-corrected chi connectivity index (χ4v) is 4.15. The molecule has 6 nitrogen and oxygen atoms in total. The van der Waals surface area contributed by atoms with Gasteiger partial charge in [-0.15, -0.1) is 10.2 Å². The van der Waals surface area contributed by atoms with Crippen molar-refractivity contribution in [1.82, 2.24) is 10.2 Å². The summed E-state index contributed by atoms with van der Waals surface area (Å²) in [6, 6.07) is 22.2. The van der Waals surface area contributed by atoms with E-state index in [0.717, 1.165) is 16.7 Å². The molecule has 33 heavy (non-hydrogen) atoms. The van der Waals surface area contributed by atoms with Crippen LogP contribution in [0.2, 0.25) is 0 Å². The largest absolute Gasteiger partial charge is 0.411 e. The molecule has 1 unspecified atom stereocenters. The Morgan fingerprint density at radius 1 is 0.909 bits per heavy atom. The number of ketones is 1. The number of nitrogens with zero attached hydrogens (tertiary/aromatic N) is 2. The fraction of sp³-hybridized carbons (Fsp3) is 0.154. The van der Waals surface area contributed by atoms with Crippen LogP contribution in [0.3, 0.4) is 0 Å². The van der Waals surface area contributed by atoms with Crippen molar-refractivity contribution in [3.63, 3.8) is 0 Å². The lowest BCUT2D eigenvalue weighted by Gasteiger charge is -2.15. The summed E-state index contributed by atoms with van der Waals surface area (Å²) in [6.07, 6.45) is 0. The van der Waals surface area contributed by atoms with Gasteiger partial charge in [0, 0.05) is 16.8 Å². The van der Waals surface area contributed by atoms with Gasteiger partial charge < -0.3 is 9.73 Å². The van der Waals surface area contributed by atoms with E-state index in [1.54, 1.807) is 24.3 Å². The summed E-state index contributed by atoms with van der Waals surface area (Å²) in [6.45, 7) is 5.57. The Morgan fingerprint density at radius 2 is 1.70 bits per heavy atom. The van der Waals surface area contributed by atoms with Gasteiger partial charge in [0.15, 0.2) is 5.78 Å². The highest BCUT2D eigenvalue weighted by molar-refractivity contribution is 8.00. The average Bonchev–Trinajstić information content (AvgIpc) is 3.28. The van der Waals surface area contributed by atoms with Gasteiger partial charge in [-0.1, -0.05) is 48.5 Å². The Balaban J connectivity index is 1.59. The summed E-state index contributed by atoms with van der Waals surface area (Å²) in [4.78, 5) is 24.9. The van der Waals surface area contributed by atoms with Crippen LogP contribution in [-0.4, -0.2) is 21.9 Å². The van der Waals surface area contributed by atoms with E-state index in [4.69, 9.17) is 4.42 Å². The summed E-state index contributed by atoms with van der Waals surface area (Å²) in [7, 11) is 0. The second-order valence-electron chi connectivity index (χ2n) is 7.71. The number of Topliss-reactive ketones (excluding diaryl/α,β-unsaturated/α-hetero) is 1. The Bertz CT molecular complexity index is 1300. The number of hydrogen-bond acceptors (Lipinski definition) is 6. The molecular weight excluding hydrogens is 434 g/mol. The number of hydrogen-bond donors (Lipinski definition) is 1. The minimum absolute atomic E-state index is 0.0650. The first kappa shape index (κ1) is 22.5. The Labute approximate surface area is 196 Å². The molecule has 0 saturated heterocycles. The van der Waals surface area contributed by atoms with E-state index in [9.17, 15) is 9.59 Å². The van der Waals surface area contributed by atoms with E-state index >= 15 is 0 Å². The van der Waals surface area contributed by atoms with Crippen molar-refractivity contribution >= 4 is 29.1 Å². The smallest absolute Gasteiger partial charge is 0.277 e. The molecule has 3 aromatic carbocycles. The van der Waals surface area contributed by atoms with Crippen LogP contribution in [0.5, 0.6) is 0 Å². The van der Waals surface area contributed by atoms with E-state index in [1.165, 1.54) is 24.2 Å². The summed E-state index contributed by atoms with van der Waals surface area (Å²) < 4.78 is 5.88. The van der Waals surface area contributed by atoms with Gasteiger partial charge in [-0.25, -0.2) is 0 Å². The molecule has 0 saturated carbocycles. The molecule has 0 aliphatic carbocycles. The minimum Gasteiger partial charge on any atom is -0.411 e. The summed E-state index contributed by atoms with van der Waals surface area (Å²) >= 11 is 1.18. The Hall–Kier alpha value is -3.71. The number of carbonyl (C=O) groups excluding carboxylic acids is 2. The maximum absolute atomic E-state index is 13.3. The average molecular weight is 458 g/mol. The molecule has 0 aliphatic heterocycles. The second-order valence-corrected chi connectivity index (χ2v) is 8.76. The van der Waals surface area contributed by atoms with Gasteiger partial charge in [0.2, 0.25) is 11.8 Å². The predicted molar refractivity (Wildman–Crippen MR) is 129 cm³/mol. The van der Waals surface area contributed by atoms with Crippen molar-refractivity contribution in [2.24, 2.45) is 0 Å². The van der Waals surface area contributed by atoms with Crippen molar-refractivity contribution in [3.8, 4) is 11.5 Å². The first-order valence-corrected chi connectivity index (χ1v) is 11.3. The molecule has 166 valence electrons. The standard InChI is InChI=1S/C26H23N3O3S/c1-16-12-13-21(14-17(16)2)25-28-29-26(32-25)33-23(19-8-5-4-6-9-19)24(31)27-22-11-7-10-20(15-22)18(3)30/h4-15,23H,1-3H3,(H,27,31). The molecule has 0 bridgehead atoms. The minimum atomic E-state index is -0.625. The van der Waals surface area contributed by atoms with Crippen LogP contribution >= 0.6 is 11.8 Å². The van der Waals surface area contributed by atoms with Crippen LogP contribution < -0.4 is 5.32 Å². The van der Waals surface area contributed by atoms with Gasteiger partial charge in [-0.2, -0.15) is 0 Å². The molecule has 0 radical (unpaired) electrons. The van der Waals surface area contributed by atoms with Gasteiger partial charge in [0.05, 0.1) is 0 Å². The van der Waals surface area contributed by atoms with Gasteiger partial charge in [0.1, 0.15) is 5.25 Å². The van der Waals surface area contributed by atoms with E-state index in [-0.39, 0.29) is 11.7 Å². The van der Waals surface area contributed by atoms with E-state index in [0.29, 0.717) is 22.4 Å². The predicted octanol–water partition coefficient (Wildman–Crippen LogP) is 6.03. The van der Waals surface area contributed by atoms with Crippen LogP contribution in [0.15, 0.2) is 82.4 Å². The lowest BCUT2D eigenvalue weighted by atomic mass is 10.1. The lowest BCUT2D eigenvalue weighted by Crippen LogP contribution is -2.19. The number of aromatic nitrogens is 2. The van der Waals surface area contributed by atoms with Crippen LogP contribution in [0.1, 0.15) is 39.2 Å². The topological polar surface area (TPSA) is 85.1 Å². The van der Waals surface area contributed by atoms with Crippen LogP contribution in [-0.2, 0) is 4.79 Å². The Kier molecular flexibility index (Phi) is 6.70. The van der Waals surface area contributed by atoms with Gasteiger partial charge in [0.25, 0.3) is 5.22 Å². The number of rotatable bonds is 7. The van der Waals surface area contributed by atoms with E-state index in [2.05, 4.69) is 15.5 Å². The zero-order valence-corrected chi connectivity index (χ0v) is 19.3. The highest BCUT2D eigenvalue weighted by atomic mass is 32.2. The molecule has 4 rings (SSSR count). The van der Waals surface area contributed by atoms with Crippen molar-refractivity contribution in [2.75, 3.05) is 5.32 Å². The van der Waals surface area contributed by atoms with Gasteiger partial charge >= 0.3 is 0 Å². The maximum Gasteiger partial charge on any atom is 0.277 e. The quantitative estimate of drug-likeness (QED) is 0.269. The zero-order chi connectivity index (χ0) is 23.4. The van der Waals surface area contributed by atoms with Crippen molar-refractivity contribution < 1.29 is 14.0 Å². The molecule has 7 heteroatoms. The lowest BCUT2D eigenvalue weighted by molar-refractivity contribution is -0.115. The molecular formula is C26H23N3O3S. The third-order valence-corrected chi connectivity index (χ3v) is 6.34. The monoisotopic (exact) mass is 457 g/mol. The molecule has 1 aromatic heterocycles. The molecule has 0 spiro atoms. The number of benzene rings is 3. The molecule has 1 N–H and O–H groups in total. The third-order valence-electron chi connectivity index (χ3n) is 5.26. The van der Waals surface area contributed by atoms with Crippen molar-refractivity contribution in [2.45, 2.75) is 31.2 Å². The summed E-state index contributed by atoms with van der Waals surface area (Å²) in [5.41, 5.74) is 5.03. The Morgan fingerprint density at radius 3 is 2.42 bits per heavy atom. The molecule has 1 heterocycles. The number of anilines is 1. The summed E-state index contributed by atoms with van der Waals surface area (Å²) in [5, 5.41) is 10.9. The van der Waals surface area contributed by atoms with Gasteiger partial charge in [-0.3, -0.25) is 9.59 Å². The van der Waals surface area contributed by atoms with Crippen LogP contribution in [0.4, 0.5) is 5.69 Å². The second kappa shape index (κ2) is 9.83. The molecule has 1 atom stereocenters. The highest BCUT2D eigenvalue weighted by Gasteiger charge is 2.25. The summed E-state index contributed by atoms with van der Waals surface area (Å²) in [5.74, 6) is 0.0876. The molecule has 0 aliphatic rings. The van der Waals surface area contributed by atoms with Crippen LogP contribution in [0.25, 0.3) is 11.5 Å². The first-order chi connectivity index (χ1) is 15.9.